The van der Waals surface area contributed by atoms with Gasteiger partial charge in [0, 0.05) is 19.4 Å². The van der Waals surface area contributed by atoms with Gasteiger partial charge in [0.2, 0.25) is 0 Å². The fourth-order valence-corrected chi connectivity index (χ4v) is 3.68. The molecular formula is C15H28O3. The van der Waals surface area contributed by atoms with E-state index in [-0.39, 0.29) is 11.2 Å². The zero-order valence-electron chi connectivity index (χ0n) is 12.1. The van der Waals surface area contributed by atoms with Crippen molar-refractivity contribution in [3.63, 3.8) is 0 Å². The zero-order chi connectivity index (χ0) is 13.2. The third-order valence-electron chi connectivity index (χ3n) is 5.05. The van der Waals surface area contributed by atoms with Crippen LogP contribution in [0.2, 0.25) is 0 Å². The predicted octanol–water partition coefficient (Wildman–Crippen LogP) is 2.96. The Morgan fingerprint density at radius 2 is 1.83 bits per heavy atom. The van der Waals surface area contributed by atoms with E-state index in [2.05, 4.69) is 20.8 Å². The second-order valence-corrected chi connectivity index (χ2v) is 6.72. The minimum atomic E-state index is -0.288. The largest absolute Gasteiger partial charge is 0.396 e. The smallest absolute Gasteiger partial charge is 0.169 e. The standard InChI is InChI=1S/C15H28O3/c1-12(10-16)9-13(2)14(3)5-4-6-15(11-14)17-7-8-18-15/h12-13,16H,4-11H2,1-3H3/t12-,13?,14+/m1/s1. The number of hydrogen-bond donors (Lipinski definition) is 1. The maximum absolute atomic E-state index is 9.22. The summed E-state index contributed by atoms with van der Waals surface area (Å²) in [4.78, 5) is 0. The molecule has 0 radical (unpaired) electrons. The second-order valence-electron chi connectivity index (χ2n) is 6.72. The molecule has 3 heteroatoms. The van der Waals surface area contributed by atoms with E-state index in [1.807, 2.05) is 0 Å². The van der Waals surface area contributed by atoms with Gasteiger partial charge in [-0.1, -0.05) is 20.8 Å². The van der Waals surface area contributed by atoms with E-state index < -0.39 is 0 Å². The van der Waals surface area contributed by atoms with Crippen molar-refractivity contribution in [1.29, 1.82) is 0 Å². The molecule has 3 nitrogen and oxygen atoms in total. The van der Waals surface area contributed by atoms with Crippen LogP contribution < -0.4 is 0 Å². The molecular weight excluding hydrogens is 228 g/mol. The van der Waals surface area contributed by atoms with Gasteiger partial charge in [-0.05, 0) is 36.5 Å². The first-order valence-corrected chi connectivity index (χ1v) is 7.38. The molecule has 1 heterocycles. The van der Waals surface area contributed by atoms with Crippen molar-refractivity contribution in [2.24, 2.45) is 17.3 Å². The molecule has 1 saturated carbocycles. The lowest BCUT2D eigenvalue weighted by molar-refractivity contribution is -0.207. The summed E-state index contributed by atoms with van der Waals surface area (Å²) < 4.78 is 11.8. The lowest BCUT2D eigenvalue weighted by Crippen LogP contribution is -2.44. The van der Waals surface area contributed by atoms with E-state index in [4.69, 9.17) is 9.47 Å². The van der Waals surface area contributed by atoms with Crippen molar-refractivity contribution in [3.8, 4) is 0 Å². The van der Waals surface area contributed by atoms with Crippen LogP contribution in [0.1, 0.15) is 52.9 Å². The Balaban J connectivity index is 2.00. The van der Waals surface area contributed by atoms with Crippen LogP contribution in [0.15, 0.2) is 0 Å². The summed E-state index contributed by atoms with van der Waals surface area (Å²) in [6, 6.07) is 0. The lowest BCUT2D eigenvalue weighted by atomic mass is 9.64. The molecule has 0 aromatic carbocycles. The monoisotopic (exact) mass is 256 g/mol. The Kier molecular flexibility index (Phi) is 4.35. The van der Waals surface area contributed by atoms with Crippen LogP contribution in [-0.4, -0.2) is 30.7 Å². The molecule has 0 amide bonds. The Labute approximate surface area is 111 Å². The van der Waals surface area contributed by atoms with Crippen molar-refractivity contribution >= 4 is 0 Å². The quantitative estimate of drug-likeness (QED) is 0.840. The van der Waals surface area contributed by atoms with Crippen LogP contribution in [0.3, 0.4) is 0 Å². The van der Waals surface area contributed by atoms with Gasteiger partial charge in [0.05, 0.1) is 13.2 Å². The first kappa shape index (κ1) is 14.3. The molecule has 3 atom stereocenters. The summed E-state index contributed by atoms with van der Waals surface area (Å²) in [5.74, 6) is 0.703. The maximum atomic E-state index is 9.22. The third kappa shape index (κ3) is 2.89. The van der Waals surface area contributed by atoms with Crippen LogP contribution >= 0.6 is 0 Å². The van der Waals surface area contributed by atoms with Crippen LogP contribution in [0.5, 0.6) is 0 Å². The Morgan fingerprint density at radius 1 is 1.17 bits per heavy atom. The van der Waals surface area contributed by atoms with E-state index >= 15 is 0 Å². The highest BCUT2D eigenvalue weighted by Gasteiger charge is 2.48. The van der Waals surface area contributed by atoms with Crippen molar-refractivity contribution in [1.82, 2.24) is 0 Å². The van der Waals surface area contributed by atoms with Gasteiger partial charge >= 0.3 is 0 Å². The highest BCUT2D eigenvalue weighted by molar-refractivity contribution is 4.93. The predicted molar refractivity (Wildman–Crippen MR) is 71.2 cm³/mol. The number of aliphatic hydroxyl groups excluding tert-OH is 1. The second kappa shape index (κ2) is 5.48. The number of ether oxygens (including phenoxy) is 2. The third-order valence-corrected chi connectivity index (χ3v) is 5.05. The van der Waals surface area contributed by atoms with Gasteiger partial charge in [-0.2, -0.15) is 0 Å². The molecule has 1 aliphatic heterocycles. The van der Waals surface area contributed by atoms with E-state index in [1.165, 1.54) is 12.8 Å². The molecule has 0 bridgehead atoms. The van der Waals surface area contributed by atoms with Gasteiger partial charge in [-0.25, -0.2) is 0 Å². The van der Waals surface area contributed by atoms with Gasteiger partial charge in [0.25, 0.3) is 0 Å². The molecule has 1 spiro atoms. The molecule has 1 aliphatic carbocycles. The lowest BCUT2D eigenvalue weighted by Gasteiger charge is -2.46. The Bertz CT molecular complexity index is 273. The van der Waals surface area contributed by atoms with E-state index in [0.717, 1.165) is 32.5 Å². The average Bonchev–Trinajstić information content (AvgIpc) is 2.76. The number of aliphatic hydroxyl groups is 1. The van der Waals surface area contributed by atoms with Crippen molar-refractivity contribution in [2.75, 3.05) is 19.8 Å². The minimum absolute atomic E-state index is 0.284. The molecule has 1 saturated heterocycles. The van der Waals surface area contributed by atoms with Gasteiger partial charge in [0.1, 0.15) is 0 Å². The zero-order valence-corrected chi connectivity index (χ0v) is 12.1. The van der Waals surface area contributed by atoms with Crippen molar-refractivity contribution in [2.45, 2.75) is 58.7 Å². The summed E-state index contributed by atoms with van der Waals surface area (Å²) in [6.45, 7) is 8.60. The fourth-order valence-electron chi connectivity index (χ4n) is 3.68. The first-order chi connectivity index (χ1) is 8.50. The highest BCUT2D eigenvalue weighted by atomic mass is 16.7. The van der Waals surface area contributed by atoms with E-state index in [0.29, 0.717) is 18.4 Å². The molecule has 2 aliphatic rings. The Morgan fingerprint density at radius 3 is 2.44 bits per heavy atom. The molecule has 2 fully saturated rings. The van der Waals surface area contributed by atoms with Crippen molar-refractivity contribution < 1.29 is 14.6 Å². The molecule has 18 heavy (non-hydrogen) atoms. The SMILES string of the molecule is CC(C[C@@H](C)CO)[C@@]1(C)CCCC2(C1)OCCO2. The van der Waals surface area contributed by atoms with Crippen molar-refractivity contribution in [3.05, 3.63) is 0 Å². The van der Waals surface area contributed by atoms with E-state index in [1.54, 1.807) is 0 Å². The van der Waals surface area contributed by atoms with Gasteiger partial charge < -0.3 is 14.6 Å². The summed E-state index contributed by atoms with van der Waals surface area (Å²) in [7, 11) is 0. The first-order valence-electron chi connectivity index (χ1n) is 7.38. The summed E-state index contributed by atoms with van der Waals surface area (Å²) in [5, 5.41) is 9.22. The van der Waals surface area contributed by atoms with Crippen LogP contribution in [0, 0.1) is 17.3 Å². The highest BCUT2D eigenvalue weighted by Crippen LogP contribution is 2.50. The average molecular weight is 256 g/mol. The molecule has 1 unspecified atom stereocenters. The molecule has 0 aromatic rings. The molecule has 2 rings (SSSR count). The fraction of sp³-hybridized carbons (Fsp3) is 1.00. The van der Waals surface area contributed by atoms with Crippen LogP contribution in [0.25, 0.3) is 0 Å². The minimum Gasteiger partial charge on any atom is -0.396 e. The summed E-state index contributed by atoms with van der Waals surface area (Å²) in [6.07, 6.45) is 5.59. The molecule has 0 aromatic heterocycles. The normalized spacial score (nSPS) is 34.7. The number of hydrogen-bond acceptors (Lipinski definition) is 3. The Hall–Kier alpha value is -0.120. The van der Waals surface area contributed by atoms with Crippen LogP contribution in [0.4, 0.5) is 0 Å². The van der Waals surface area contributed by atoms with Gasteiger partial charge in [-0.15, -0.1) is 0 Å². The molecule has 106 valence electrons. The van der Waals surface area contributed by atoms with Gasteiger partial charge in [0.15, 0.2) is 5.79 Å². The topological polar surface area (TPSA) is 38.7 Å². The molecule has 1 N–H and O–H groups in total. The van der Waals surface area contributed by atoms with Gasteiger partial charge in [-0.3, -0.25) is 0 Å². The summed E-state index contributed by atoms with van der Waals surface area (Å²) in [5.41, 5.74) is 0.284. The number of rotatable bonds is 4. The maximum Gasteiger partial charge on any atom is 0.169 e. The van der Waals surface area contributed by atoms with E-state index in [9.17, 15) is 5.11 Å². The van der Waals surface area contributed by atoms with Crippen LogP contribution in [-0.2, 0) is 9.47 Å². The summed E-state index contributed by atoms with van der Waals surface area (Å²) >= 11 is 0.